The number of hydrogen-bond donors (Lipinski definition) is 3. The Kier molecular flexibility index (Phi) is 12.5. The van der Waals surface area contributed by atoms with E-state index in [0.29, 0.717) is 5.56 Å². The standard InChI is InChI=1S/C19H20O4.C8H12N2.H2S/c1-12-4-3-5-13(2)18(12)17(21)11-15(19(22)23)10-14-6-8-16(20)9-7-14;1-2-6-9-8-5-3-4-7-10-8;/h3-9,15,20H,10-11H2,1-2H3,(H,22,23);3-5,7H,2,6H2,1H3,(H,9,10);1H2/t15-;;/m1../s1. The van der Waals surface area contributed by atoms with Crippen molar-refractivity contribution in [3.8, 4) is 5.75 Å². The second-order valence-corrected chi connectivity index (χ2v) is 7.94. The summed E-state index contributed by atoms with van der Waals surface area (Å²) >= 11 is 0. The Balaban J connectivity index is 0.000000442. The molecule has 0 aliphatic carbocycles. The number of hydrogen-bond acceptors (Lipinski definition) is 5. The van der Waals surface area contributed by atoms with Gasteiger partial charge in [-0.2, -0.15) is 13.5 Å². The Morgan fingerprint density at radius 2 is 1.62 bits per heavy atom. The smallest absolute Gasteiger partial charge is 0.307 e. The lowest BCUT2D eigenvalue weighted by Gasteiger charge is -2.14. The minimum Gasteiger partial charge on any atom is -0.508 e. The fourth-order valence-electron chi connectivity index (χ4n) is 3.46. The van der Waals surface area contributed by atoms with E-state index in [1.54, 1.807) is 18.3 Å². The van der Waals surface area contributed by atoms with Gasteiger partial charge in [0.1, 0.15) is 11.6 Å². The first-order valence-electron chi connectivity index (χ1n) is 11.1. The molecule has 0 aliphatic rings. The Bertz CT molecular complexity index is 1020. The van der Waals surface area contributed by atoms with Crippen LogP contribution in [0.2, 0.25) is 0 Å². The number of aliphatic carboxylic acids is 1. The molecule has 0 spiro atoms. The zero-order valence-electron chi connectivity index (χ0n) is 19.9. The molecular formula is C27H34N2O4S. The molecule has 1 heterocycles. The number of phenols is 1. The lowest BCUT2D eigenvalue weighted by Crippen LogP contribution is -2.21. The van der Waals surface area contributed by atoms with Crippen molar-refractivity contribution in [2.45, 2.75) is 40.0 Å². The van der Waals surface area contributed by atoms with Crippen molar-refractivity contribution >= 4 is 31.1 Å². The van der Waals surface area contributed by atoms with Crippen LogP contribution in [0.3, 0.4) is 0 Å². The molecule has 0 fully saturated rings. The molecular weight excluding hydrogens is 448 g/mol. The normalized spacial score (nSPS) is 10.8. The number of rotatable bonds is 9. The summed E-state index contributed by atoms with van der Waals surface area (Å²) in [7, 11) is 0. The number of nitrogens with zero attached hydrogens (tertiary/aromatic N) is 1. The molecule has 1 aromatic heterocycles. The van der Waals surface area contributed by atoms with Crippen molar-refractivity contribution in [3.05, 3.63) is 89.1 Å². The predicted octanol–water partition coefficient (Wildman–Crippen LogP) is 5.54. The lowest BCUT2D eigenvalue weighted by molar-refractivity contribution is -0.141. The zero-order chi connectivity index (χ0) is 24.2. The molecule has 3 aromatic rings. The van der Waals surface area contributed by atoms with Crippen LogP contribution in [-0.2, 0) is 11.2 Å². The van der Waals surface area contributed by atoms with Crippen LogP contribution in [0.4, 0.5) is 5.82 Å². The van der Waals surface area contributed by atoms with Crippen molar-refractivity contribution in [1.82, 2.24) is 4.98 Å². The van der Waals surface area contributed by atoms with Crippen LogP contribution in [-0.4, -0.2) is 33.5 Å². The number of aromatic nitrogens is 1. The molecule has 3 rings (SSSR count). The van der Waals surface area contributed by atoms with Crippen molar-refractivity contribution in [2.75, 3.05) is 11.9 Å². The van der Waals surface area contributed by atoms with Gasteiger partial charge in [0.25, 0.3) is 0 Å². The highest BCUT2D eigenvalue weighted by Gasteiger charge is 2.24. The molecule has 0 bridgehead atoms. The van der Waals surface area contributed by atoms with E-state index in [2.05, 4.69) is 17.2 Å². The first-order chi connectivity index (χ1) is 15.8. The molecule has 0 amide bonds. The Morgan fingerprint density at radius 3 is 2.15 bits per heavy atom. The molecule has 182 valence electrons. The van der Waals surface area contributed by atoms with Gasteiger partial charge in [0.2, 0.25) is 0 Å². The molecule has 2 aromatic carbocycles. The van der Waals surface area contributed by atoms with Crippen molar-refractivity contribution in [2.24, 2.45) is 5.92 Å². The second kappa shape index (κ2) is 14.8. The average Bonchev–Trinajstić information content (AvgIpc) is 2.79. The van der Waals surface area contributed by atoms with Gasteiger partial charge in [-0.15, -0.1) is 0 Å². The summed E-state index contributed by atoms with van der Waals surface area (Å²) in [6.07, 6.45) is 3.14. The number of carboxylic acid groups (broad SMARTS) is 1. The van der Waals surface area contributed by atoms with Crippen molar-refractivity contribution < 1.29 is 19.8 Å². The molecule has 0 aliphatic heterocycles. The van der Waals surface area contributed by atoms with Gasteiger partial charge >= 0.3 is 5.97 Å². The number of anilines is 1. The first kappa shape index (κ1) is 28.7. The summed E-state index contributed by atoms with van der Waals surface area (Å²) in [6.45, 7) is 6.85. The quantitative estimate of drug-likeness (QED) is 0.346. The van der Waals surface area contributed by atoms with E-state index in [-0.39, 0.29) is 37.9 Å². The molecule has 0 radical (unpaired) electrons. The molecule has 6 nitrogen and oxygen atoms in total. The van der Waals surface area contributed by atoms with E-state index in [9.17, 15) is 19.8 Å². The molecule has 0 saturated carbocycles. The SMILES string of the molecule is CCCNc1ccccn1.Cc1cccc(C)c1C(=O)C[C@@H](Cc1ccc(O)cc1)C(=O)O.S. The molecule has 0 unspecified atom stereocenters. The molecule has 1 atom stereocenters. The number of carbonyl (C=O) groups is 2. The summed E-state index contributed by atoms with van der Waals surface area (Å²) < 4.78 is 0. The van der Waals surface area contributed by atoms with Crippen LogP contribution in [0.5, 0.6) is 5.75 Å². The average molecular weight is 483 g/mol. The van der Waals surface area contributed by atoms with E-state index < -0.39 is 11.9 Å². The summed E-state index contributed by atoms with van der Waals surface area (Å²) in [6, 6.07) is 17.8. The number of aryl methyl sites for hydroxylation is 2. The number of Topliss-reactive ketones (excluding diaryl/α,β-unsaturated/α-hetero) is 1. The second-order valence-electron chi connectivity index (χ2n) is 7.94. The summed E-state index contributed by atoms with van der Waals surface area (Å²) in [5, 5.41) is 21.9. The topological polar surface area (TPSA) is 99.5 Å². The van der Waals surface area contributed by atoms with Crippen LogP contribution in [0.15, 0.2) is 66.9 Å². The Labute approximate surface area is 208 Å². The number of aromatic hydroxyl groups is 1. The van der Waals surface area contributed by atoms with Crippen LogP contribution in [0.1, 0.15) is 46.8 Å². The molecule has 0 saturated heterocycles. The summed E-state index contributed by atoms with van der Waals surface area (Å²) in [5.41, 5.74) is 3.13. The van der Waals surface area contributed by atoms with Gasteiger partial charge in [-0.1, -0.05) is 43.3 Å². The number of phenolic OH excluding ortho intramolecular Hbond substituents is 1. The van der Waals surface area contributed by atoms with Gasteiger partial charge in [-0.05, 0) is 67.6 Å². The number of benzene rings is 2. The van der Waals surface area contributed by atoms with Gasteiger partial charge in [0, 0.05) is 24.7 Å². The molecule has 7 heteroatoms. The van der Waals surface area contributed by atoms with Crippen LogP contribution < -0.4 is 5.32 Å². The maximum Gasteiger partial charge on any atom is 0.307 e. The van der Waals surface area contributed by atoms with Gasteiger partial charge in [-0.3, -0.25) is 9.59 Å². The van der Waals surface area contributed by atoms with Crippen LogP contribution in [0.25, 0.3) is 0 Å². The van der Waals surface area contributed by atoms with E-state index in [0.717, 1.165) is 35.5 Å². The van der Waals surface area contributed by atoms with Crippen LogP contribution >= 0.6 is 13.5 Å². The third-order valence-corrected chi connectivity index (χ3v) is 5.18. The minimum atomic E-state index is -0.988. The summed E-state index contributed by atoms with van der Waals surface area (Å²) in [4.78, 5) is 28.2. The van der Waals surface area contributed by atoms with Gasteiger partial charge in [-0.25, -0.2) is 4.98 Å². The highest BCUT2D eigenvalue weighted by Crippen LogP contribution is 2.21. The Morgan fingerprint density at radius 1 is 0.971 bits per heavy atom. The van der Waals surface area contributed by atoms with E-state index in [1.807, 2.05) is 50.2 Å². The number of carbonyl (C=O) groups excluding carboxylic acids is 1. The van der Waals surface area contributed by atoms with Gasteiger partial charge in [0.05, 0.1) is 5.92 Å². The summed E-state index contributed by atoms with van der Waals surface area (Å²) in [5.74, 6) is -0.827. The van der Waals surface area contributed by atoms with E-state index in [4.69, 9.17) is 0 Å². The van der Waals surface area contributed by atoms with Crippen molar-refractivity contribution in [3.63, 3.8) is 0 Å². The third kappa shape index (κ3) is 9.27. The predicted molar refractivity (Wildman–Crippen MR) is 141 cm³/mol. The monoisotopic (exact) mass is 482 g/mol. The van der Waals surface area contributed by atoms with Gasteiger partial charge < -0.3 is 15.5 Å². The van der Waals surface area contributed by atoms with E-state index >= 15 is 0 Å². The van der Waals surface area contributed by atoms with Crippen LogP contribution in [0, 0.1) is 19.8 Å². The molecule has 3 N–H and O–H groups in total. The van der Waals surface area contributed by atoms with E-state index in [1.165, 1.54) is 12.1 Å². The number of pyridine rings is 1. The van der Waals surface area contributed by atoms with Gasteiger partial charge in [0.15, 0.2) is 5.78 Å². The zero-order valence-corrected chi connectivity index (χ0v) is 20.9. The third-order valence-electron chi connectivity index (χ3n) is 5.18. The molecule has 34 heavy (non-hydrogen) atoms. The number of ketones is 1. The Hall–Kier alpha value is -3.32. The highest BCUT2D eigenvalue weighted by molar-refractivity contribution is 7.59. The van der Waals surface area contributed by atoms with Crippen molar-refractivity contribution in [1.29, 1.82) is 0 Å². The number of carboxylic acids is 1. The number of nitrogens with one attached hydrogen (secondary N) is 1. The highest BCUT2D eigenvalue weighted by atomic mass is 32.1. The first-order valence-corrected chi connectivity index (χ1v) is 11.1. The fourth-order valence-corrected chi connectivity index (χ4v) is 3.46. The fraction of sp³-hybridized carbons (Fsp3) is 0.296. The maximum atomic E-state index is 12.5. The largest absolute Gasteiger partial charge is 0.508 e. The maximum absolute atomic E-state index is 12.5. The lowest BCUT2D eigenvalue weighted by atomic mass is 9.89. The minimum absolute atomic E-state index is 0.